The molecule has 1 aromatic heterocycles. The van der Waals surface area contributed by atoms with Crippen LogP contribution in [0.2, 0.25) is 0 Å². The Kier molecular flexibility index (Phi) is 7.13. The maximum absolute atomic E-state index is 15.1. The molecule has 0 amide bonds. The van der Waals surface area contributed by atoms with Crippen LogP contribution >= 0.6 is 0 Å². The van der Waals surface area contributed by atoms with Crippen LogP contribution < -0.4 is 15.0 Å². The standard InChI is InChI=1S/C28H29F3N6O/c1-16(2)37-15-20(13-32)38-27-23(30)10-18(11-25(27)37)26-24(31)14-33-28(35-26)34-19-4-5-21(22(29)12-19)17-6-8-36(3)9-7-17/h4-5,10-12,14,16-17,20H,6-9,15H2,1-3H3,(H,33,34,35). The SMILES string of the molecule is CC(C)N1CC(C#N)Oc2c(F)cc(-c3nc(Nc4ccc(C5CCN(C)CC5)c(F)c4)ncc3F)cc21. The number of benzene rings is 2. The van der Waals surface area contributed by atoms with Gasteiger partial charge in [-0.1, -0.05) is 6.07 Å². The predicted molar refractivity (Wildman–Crippen MR) is 139 cm³/mol. The minimum Gasteiger partial charge on any atom is -0.468 e. The molecule has 10 heteroatoms. The summed E-state index contributed by atoms with van der Waals surface area (Å²) in [5.41, 5.74) is 1.61. The van der Waals surface area contributed by atoms with Gasteiger partial charge >= 0.3 is 0 Å². The molecule has 1 atom stereocenters. The molecule has 0 spiro atoms. The second-order valence-electron chi connectivity index (χ2n) is 10.1. The van der Waals surface area contributed by atoms with Crippen molar-refractivity contribution in [3.8, 4) is 23.1 Å². The van der Waals surface area contributed by atoms with Crippen molar-refractivity contribution >= 4 is 17.3 Å². The summed E-state index contributed by atoms with van der Waals surface area (Å²) in [5, 5.41) is 12.2. The number of hydrogen-bond donors (Lipinski definition) is 1. The number of piperidine rings is 1. The van der Waals surface area contributed by atoms with E-state index in [0.29, 0.717) is 16.9 Å². The van der Waals surface area contributed by atoms with E-state index in [1.165, 1.54) is 6.07 Å². The van der Waals surface area contributed by atoms with E-state index in [-0.39, 0.29) is 47.3 Å². The number of aromatic nitrogens is 2. The highest BCUT2D eigenvalue weighted by atomic mass is 19.1. The first-order valence-electron chi connectivity index (χ1n) is 12.7. The number of nitrogens with zero attached hydrogens (tertiary/aromatic N) is 5. The molecule has 3 heterocycles. The van der Waals surface area contributed by atoms with Crippen LogP contribution in [-0.4, -0.2) is 53.7 Å². The van der Waals surface area contributed by atoms with Crippen molar-refractivity contribution in [1.29, 1.82) is 5.26 Å². The third-order valence-corrected chi connectivity index (χ3v) is 7.16. The monoisotopic (exact) mass is 522 g/mol. The lowest BCUT2D eigenvalue weighted by Crippen LogP contribution is -2.43. The van der Waals surface area contributed by atoms with Gasteiger partial charge in [0.2, 0.25) is 12.1 Å². The molecule has 1 unspecified atom stereocenters. The van der Waals surface area contributed by atoms with Crippen molar-refractivity contribution in [3.63, 3.8) is 0 Å². The quantitative estimate of drug-likeness (QED) is 0.467. The minimum atomic E-state index is -0.817. The van der Waals surface area contributed by atoms with Gasteiger partial charge in [0.1, 0.15) is 17.6 Å². The topological polar surface area (TPSA) is 77.3 Å². The van der Waals surface area contributed by atoms with Crippen LogP contribution in [0.4, 0.5) is 30.5 Å². The first-order chi connectivity index (χ1) is 18.2. The van der Waals surface area contributed by atoms with Crippen molar-refractivity contribution in [1.82, 2.24) is 14.9 Å². The molecule has 0 saturated carbocycles. The molecule has 1 saturated heterocycles. The van der Waals surface area contributed by atoms with Gasteiger partial charge in [-0.15, -0.1) is 0 Å². The lowest BCUT2D eigenvalue weighted by atomic mass is 9.89. The second kappa shape index (κ2) is 10.5. The van der Waals surface area contributed by atoms with Crippen LogP contribution in [0.1, 0.15) is 38.2 Å². The molecule has 0 aliphatic carbocycles. The molecule has 1 fully saturated rings. The summed E-state index contributed by atoms with van der Waals surface area (Å²) in [5.74, 6) is -1.59. The Morgan fingerprint density at radius 2 is 1.84 bits per heavy atom. The first-order valence-corrected chi connectivity index (χ1v) is 12.7. The first kappa shape index (κ1) is 25.8. The van der Waals surface area contributed by atoms with Crippen LogP contribution in [-0.2, 0) is 0 Å². The van der Waals surface area contributed by atoms with E-state index in [0.717, 1.165) is 38.2 Å². The van der Waals surface area contributed by atoms with Crippen LogP contribution in [0, 0.1) is 28.8 Å². The second-order valence-corrected chi connectivity index (χ2v) is 10.1. The van der Waals surface area contributed by atoms with Crippen LogP contribution in [0.5, 0.6) is 5.75 Å². The van der Waals surface area contributed by atoms with Crippen LogP contribution in [0.25, 0.3) is 11.3 Å². The van der Waals surface area contributed by atoms with E-state index in [4.69, 9.17) is 4.74 Å². The Balaban J connectivity index is 1.43. The average molecular weight is 523 g/mol. The van der Waals surface area contributed by atoms with Gasteiger partial charge in [0.15, 0.2) is 17.4 Å². The van der Waals surface area contributed by atoms with Crippen molar-refractivity contribution in [2.45, 2.75) is 44.8 Å². The summed E-state index contributed by atoms with van der Waals surface area (Å²) in [4.78, 5) is 12.3. The van der Waals surface area contributed by atoms with Crippen LogP contribution in [0.3, 0.4) is 0 Å². The summed E-state index contributed by atoms with van der Waals surface area (Å²) in [7, 11) is 2.06. The predicted octanol–water partition coefficient (Wildman–Crippen LogP) is 5.61. The number of anilines is 3. The third-order valence-electron chi connectivity index (χ3n) is 7.16. The highest BCUT2D eigenvalue weighted by molar-refractivity contribution is 5.73. The summed E-state index contributed by atoms with van der Waals surface area (Å²) >= 11 is 0. The summed E-state index contributed by atoms with van der Waals surface area (Å²) in [6.07, 6.45) is 1.98. The number of ether oxygens (including phenoxy) is 1. The van der Waals surface area contributed by atoms with Gasteiger partial charge in [-0.05, 0) is 82.6 Å². The summed E-state index contributed by atoms with van der Waals surface area (Å²) in [6.45, 7) is 5.94. The average Bonchev–Trinajstić information content (AvgIpc) is 2.90. The van der Waals surface area contributed by atoms with E-state index in [1.807, 2.05) is 24.8 Å². The van der Waals surface area contributed by atoms with E-state index < -0.39 is 17.7 Å². The molecule has 2 aliphatic rings. The van der Waals surface area contributed by atoms with Gasteiger partial charge in [-0.25, -0.2) is 23.1 Å². The largest absolute Gasteiger partial charge is 0.468 e. The fourth-order valence-corrected chi connectivity index (χ4v) is 5.07. The Hall–Kier alpha value is -3.84. The Bertz CT molecular complexity index is 1380. The van der Waals surface area contributed by atoms with Crippen molar-refractivity contribution < 1.29 is 17.9 Å². The highest BCUT2D eigenvalue weighted by Crippen LogP contribution is 2.41. The number of nitrogens with one attached hydrogen (secondary N) is 1. The highest BCUT2D eigenvalue weighted by Gasteiger charge is 2.31. The van der Waals surface area contributed by atoms with Crippen molar-refractivity contribution in [2.24, 2.45) is 0 Å². The molecule has 198 valence electrons. The normalized spacial score (nSPS) is 18.2. The maximum atomic E-state index is 15.1. The van der Waals surface area contributed by atoms with Gasteiger partial charge in [-0.2, -0.15) is 5.26 Å². The molecular formula is C28H29F3N6O. The fraction of sp³-hybridized carbons (Fsp3) is 0.393. The number of hydrogen-bond acceptors (Lipinski definition) is 7. The maximum Gasteiger partial charge on any atom is 0.227 e. The molecule has 5 rings (SSSR count). The Morgan fingerprint density at radius 3 is 2.53 bits per heavy atom. The van der Waals surface area contributed by atoms with Gasteiger partial charge in [-0.3, -0.25) is 0 Å². The zero-order valence-electron chi connectivity index (χ0n) is 21.5. The molecule has 2 aromatic carbocycles. The molecule has 3 aromatic rings. The smallest absolute Gasteiger partial charge is 0.227 e. The van der Waals surface area contributed by atoms with Gasteiger partial charge in [0.25, 0.3) is 0 Å². The van der Waals surface area contributed by atoms with Crippen LogP contribution in [0.15, 0.2) is 36.5 Å². The molecule has 0 radical (unpaired) electrons. The summed E-state index contributed by atoms with van der Waals surface area (Å²) < 4.78 is 50.5. The van der Waals surface area contributed by atoms with Gasteiger partial charge in [0, 0.05) is 17.3 Å². The van der Waals surface area contributed by atoms with E-state index in [1.54, 1.807) is 18.2 Å². The zero-order chi connectivity index (χ0) is 27.0. The number of likely N-dealkylation sites (tertiary alicyclic amines) is 1. The minimum absolute atomic E-state index is 0.0479. The third kappa shape index (κ3) is 5.11. The number of nitriles is 1. The van der Waals surface area contributed by atoms with E-state index >= 15 is 4.39 Å². The zero-order valence-corrected chi connectivity index (χ0v) is 21.5. The number of halogens is 3. The number of fused-ring (bicyclic) bond motifs is 1. The van der Waals surface area contributed by atoms with E-state index in [2.05, 4.69) is 27.2 Å². The lowest BCUT2D eigenvalue weighted by molar-refractivity contribution is 0.230. The lowest BCUT2D eigenvalue weighted by Gasteiger charge is -2.37. The molecule has 1 N–H and O–H groups in total. The molecule has 0 bridgehead atoms. The molecule has 7 nitrogen and oxygen atoms in total. The Morgan fingerprint density at radius 1 is 1.08 bits per heavy atom. The molecular weight excluding hydrogens is 493 g/mol. The van der Waals surface area contributed by atoms with E-state index in [9.17, 15) is 14.0 Å². The molecule has 38 heavy (non-hydrogen) atoms. The van der Waals surface area contributed by atoms with Crippen molar-refractivity contribution in [3.05, 3.63) is 59.5 Å². The molecule has 2 aliphatic heterocycles. The number of rotatable bonds is 5. The fourth-order valence-electron chi connectivity index (χ4n) is 5.07. The van der Waals surface area contributed by atoms with Crippen molar-refractivity contribution in [2.75, 3.05) is 36.9 Å². The Labute approximate surface area is 219 Å². The van der Waals surface area contributed by atoms with Gasteiger partial charge in [0.05, 0.1) is 18.4 Å². The van der Waals surface area contributed by atoms with Gasteiger partial charge < -0.3 is 19.9 Å². The summed E-state index contributed by atoms with van der Waals surface area (Å²) in [6, 6.07) is 9.61.